The second kappa shape index (κ2) is 6.57. The molecular formula is C15H22N2O2. The number of amides is 1. The van der Waals surface area contributed by atoms with E-state index >= 15 is 0 Å². The van der Waals surface area contributed by atoms with Crippen molar-refractivity contribution in [3.05, 3.63) is 29.3 Å². The van der Waals surface area contributed by atoms with Crippen molar-refractivity contribution in [2.45, 2.75) is 26.2 Å². The molecule has 19 heavy (non-hydrogen) atoms. The molecule has 0 radical (unpaired) electrons. The summed E-state index contributed by atoms with van der Waals surface area (Å²) in [6, 6.07) is 4.83. The summed E-state index contributed by atoms with van der Waals surface area (Å²) in [6.07, 6.45) is 3.45. The third kappa shape index (κ3) is 3.96. The Hall–Kier alpha value is -1.55. The highest BCUT2D eigenvalue weighted by molar-refractivity contribution is 5.95. The molecule has 1 aliphatic rings. The second-order valence-corrected chi connectivity index (χ2v) is 5.24. The molecule has 2 rings (SSSR count). The minimum absolute atomic E-state index is 0.0496. The molecule has 4 heteroatoms. The van der Waals surface area contributed by atoms with Crippen LogP contribution in [-0.4, -0.2) is 30.6 Å². The van der Waals surface area contributed by atoms with Crippen LogP contribution in [0.25, 0.3) is 0 Å². The predicted molar refractivity (Wildman–Crippen MR) is 75.4 cm³/mol. The molecule has 0 aliphatic carbocycles. The van der Waals surface area contributed by atoms with Crippen molar-refractivity contribution in [2.75, 3.05) is 19.6 Å². The summed E-state index contributed by atoms with van der Waals surface area (Å²) < 4.78 is 0. The molecule has 1 amide bonds. The Bertz CT molecular complexity index is 440. The second-order valence-electron chi connectivity index (χ2n) is 5.24. The zero-order valence-electron chi connectivity index (χ0n) is 11.4. The van der Waals surface area contributed by atoms with Gasteiger partial charge in [0.05, 0.1) is 0 Å². The molecule has 4 nitrogen and oxygen atoms in total. The lowest BCUT2D eigenvalue weighted by molar-refractivity contribution is 0.0950. The van der Waals surface area contributed by atoms with Crippen LogP contribution in [0.4, 0.5) is 0 Å². The van der Waals surface area contributed by atoms with Crippen molar-refractivity contribution in [1.82, 2.24) is 10.6 Å². The number of carbonyl (C=O) groups is 1. The van der Waals surface area contributed by atoms with Gasteiger partial charge in [-0.25, -0.2) is 0 Å². The molecular weight excluding hydrogens is 240 g/mol. The van der Waals surface area contributed by atoms with Gasteiger partial charge >= 0.3 is 0 Å². The Balaban J connectivity index is 1.80. The van der Waals surface area contributed by atoms with Crippen molar-refractivity contribution in [1.29, 1.82) is 0 Å². The normalized spacial score (nSPS) is 16.3. The predicted octanol–water partition coefficient (Wildman–Crippen LogP) is 1.82. The first-order chi connectivity index (χ1) is 9.16. The van der Waals surface area contributed by atoms with E-state index in [1.165, 1.54) is 12.8 Å². The average molecular weight is 262 g/mol. The van der Waals surface area contributed by atoms with Crippen LogP contribution in [0.15, 0.2) is 18.2 Å². The van der Waals surface area contributed by atoms with Gasteiger partial charge in [-0.05, 0) is 69.0 Å². The van der Waals surface area contributed by atoms with Gasteiger partial charge in [-0.1, -0.05) is 0 Å². The van der Waals surface area contributed by atoms with E-state index in [2.05, 4.69) is 10.6 Å². The number of rotatable bonds is 4. The largest absolute Gasteiger partial charge is 0.508 e. The summed E-state index contributed by atoms with van der Waals surface area (Å²) in [5.41, 5.74) is 1.45. The monoisotopic (exact) mass is 262 g/mol. The van der Waals surface area contributed by atoms with Gasteiger partial charge < -0.3 is 15.7 Å². The molecule has 0 bridgehead atoms. The number of aryl methyl sites for hydroxylation is 1. The van der Waals surface area contributed by atoms with Crippen LogP contribution < -0.4 is 10.6 Å². The summed E-state index contributed by atoms with van der Waals surface area (Å²) in [4.78, 5) is 12.0. The molecule has 1 aromatic carbocycles. The number of hydrogen-bond acceptors (Lipinski definition) is 3. The van der Waals surface area contributed by atoms with Crippen LogP contribution in [0.2, 0.25) is 0 Å². The number of aromatic hydroxyl groups is 1. The number of hydrogen-bond donors (Lipinski definition) is 3. The van der Waals surface area contributed by atoms with E-state index in [9.17, 15) is 9.90 Å². The van der Waals surface area contributed by atoms with E-state index in [1.807, 2.05) is 6.92 Å². The van der Waals surface area contributed by atoms with Crippen LogP contribution >= 0.6 is 0 Å². The van der Waals surface area contributed by atoms with Crippen LogP contribution in [-0.2, 0) is 0 Å². The van der Waals surface area contributed by atoms with Crippen LogP contribution in [0.5, 0.6) is 5.75 Å². The summed E-state index contributed by atoms with van der Waals surface area (Å²) in [5, 5.41) is 15.6. The van der Waals surface area contributed by atoms with E-state index in [0.717, 1.165) is 37.5 Å². The fourth-order valence-electron chi connectivity index (χ4n) is 2.56. The Labute approximate surface area is 114 Å². The lowest BCUT2D eigenvalue weighted by Crippen LogP contribution is -2.31. The number of nitrogens with one attached hydrogen (secondary N) is 2. The minimum Gasteiger partial charge on any atom is -0.508 e. The molecule has 104 valence electrons. The van der Waals surface area contributed by atoms with Crippen molar-refractivity contribution < 1.29 is 9.90 Å². The SMILES string of the molecule is Cc1cc(O)ccc1C(=O)NCCC1CCNCC1. The maximum atomic E-state index is 12.0. The van der Waals surface area contributed by atoms with Gasteiger partial charge in [0, 0.05) is 12.1 Å². The van der Waals surface area contributed by atoms with Gasteiger partial charge in [0.1, 0.15) is 5.75 Å². The smallest absolute Gasteiger partial charge is 0.251 e. The molecule has 1 saturated heterocycles. The average Bonchev–Trinajstić information content (AvgIpc) is 2.39. The number of piperidine rings is 1. The molecule has 0 spiro atoms. The van der Waals surface area contributed by atoms with Crippen molar-refractivity contribution in [2.24, 2.45) is 5.92 Å². The lowest BCUT2D eigenvalue weighted by Gasteiger charge is -2.22. The molecule has 0 atom stereocenters. The van der Waals surface area contributed by atoms with E-state index < -0.39 is 0 Å². The maximum absolute atomic E-state index is 12.0. The number of phenols is 1. The van der Waals surface area contributed by atoms with Crippen molar-refractivity contribution in [3.8, 4) is 5.75 Å². The van der Waals surface area contributed by atoms with E-state index in [-0.39, 0.29) is 11.7 Å². The minimum atomic E-state index is -0.0496. The molecule has 0 unspecified atom stereocenters. The van der Waals surface area contributed by atoms with E-state index in [0.29, 0.717) is 5.56 Å². The first kappa shape index (κ1) is 13.9. The molecule has 1 heterocycles. The van der Waals surface area contributed by atoms with Gasteiger partial charge in [0.2, 0.25) is 0 Å². The number of phenolic OH excluding ortho intramolecular Hbond substituents is 1. The quantitative estimate of drug-likeness (QED) is 0.775. The summed E-state index contributed by atoms with van der Waals surface area (Å²) in [5.74, 6) is 0.873. The number of carbonyl (C=O) groups excluding carboxylic acids is 1. The highest BCUT2D eigenvalue weighted by Crippen LogP contribution is 2.17. The zero-order chi connectivity index (χ0) is 13.7. The highest BCUT2D eigenvalue weighted by Gasteiger charge is 2.14. The fourth-order valence-corrected chi connectivity index (χ4v) is 2.56. The standard InChI is InChI=1S/C15H22N2O2/c1-11-10-13(18)2-3-14(11)15(19)17-9-6-12-4-7-16-8-5-12/h2-3,10,12,16,18H,4-9H2,1H3,(H,17,19). The molecule has 1 aromatic rings. The van der Waals surface area contributed by atoms with Crippen LogP contribution in [0.3, 0.4) is 0 Å². The summed E-state index contributed by atoms with van der Waals surface area (Å²) >= 11 is 0. The first-order valence-corrected chi connectivity index (χ1v) is 6.95. The Morgan fingerprint density at radius 1 is 1.42 bits per heavy atom. The van der Waals surface area contributed by atoms with Crippen LogP contribution in [0, 0.1) is 12.8 Å². The van der Waals surface area contributed by atoms with E-state index in [4.69, 9.17) is 0 Å². The highest BCUT2D eigenvalue weighted by atomic mass is 16.3. The van der Waals surface area contributed by atoms with Gasteiger partial charge in [-0.15, -0.1) is 0 Å². The third-order valence-corrected chi connectivity index (χ3v) is 3.75. The Kier molecular flexibility index (Phi) is 4.80. The van der Waals surface area contributed by atoms with Crippen molar-refractivity contribution in [3.63, 3.8) is 0 Å². The molecule has 3 N–H and O–H groups in total. The fraction of sp³-hybridized carbons (Fsp3) is 0.533. The molecule has 0 aromatic heterocycles. The van der Waals surface area contributed by atoms with Gasteiger partial charge in [0.15, 0.2) is 0 Å². The first-order valence-electron chi connectivity index (χ1n) is 6.95. The molecule has 1 aliphatic heterocycles. The van der Waals surface area contributed by atoms with Gasteiger partial charge in [0.25, 0.3) is 5.91 Å². The lowest BCUT2D eigenvalue weighted by atomic mass is 9.95. The molecule has 1 fully saturated rings. The summed E-state index contributed by atoms with van der Waals surface area (Å²) in [7, 11) is 0. The molecule has 0 saturated carbocycles. The van der Waals surface area contributed by atoms with Crippen molar-refractivity contribution >= 4 is 5.91 Å². The maximum Gasteiger partial charge on any atom is 0.251 e. The number of benzene rings is 1. The Morgan fingerprint density at radius 2 is 2.16 bits per heavy atom. The third-order valence-electron chi connectivity index (χ3n) is 3.75. The topological polar surface area (TPSA) is 61.4 Å². The summed E-state index contributed by atoms with van der Waals surface area (Å²) in [6.45, 7) is 4.75. The van der Waals surface area contributed by atoms with Crippen LogP contribution in [0.1, 0.15) is 35.2 Å². The van der Waals surface area contributed by atoms with Gasteiger partial charge in [-0.2, -0.15) is 0 Å². The van der Waals surface area contributed by atoms with E-state index in [1.54, 1.807) is 18.2 Å². The Morgan fingerprint density at radius 3 is 2.84 bits per heavy atom. The zero-order valence-corrected chi connectivity index (χ0v) is 11.4. The van der Waals surface area contributed by atoms with Gasteiger partial charge in [-0.3, -0.25) is 4.79 Å².